The van der Waals surface area contributed by atoms with Crippen LogP contribution >= 0.6 is 0 Å². The van der Waals surface area contributed by atoms with Crippen molar-refractivity contribution in [2.45, 2.75) is 51.5 Å². The molecule has 4 unspecified atom stereocenters. The molecule has 0 saturated heterocycles. The second kappa shape index (κ2) is 6.69. The predicted molar refractivity (Wildman–Crippen MR) is 92.6 cm³/mol. The first kappa shape index (κ1) is 17.0. The number of halogens is 1. The second-order valence-corrected chi connectivity index (χ2v) is 8.50. The summed E-state index contributed by atoms with van der Waals surface area (Å²) in [7, 11) is 0. The maximum absolute atomic E-state index is 14.0. The number of hydroxylamine groups is 1. The van der Waals surface area contributed by atoms with Gasteiger partial charge in [-0.3, -0.25) is 10.0 Å². The fourth-order valence-electron chi connectivity index (χ4n) is 5.80. The van der Waals surface area contributed by atoms with E-state index in [1.165, 1.54) is 62.6 Å². The molecule has 0 heterocycles. The monoisotopic (exact) mass is 346 g/mol. The van der Waals surface area contributed by atoms with Crippen LogP contribution in [-0.4, -0.2) is 17.7 Å². The van der Waals surface area contributed by atoms with Crippen molar-refractivity contribution in [1.29, 1.82) is 0 Å². The summed E-state index contributed by atoms with van der Waals surface area (Å²) in [6.45, 7) is 1.62. The molecule has 1 aromatic carbocycles. The molecular formula is C20H27FN2O2. The van der Waals surface area contributed by atoms with Gasteiger partial charge >= 0.3 is 0 Å². The lowest BCUT2D eigenvalue weighted by molar-refractivity contribution is -0.0334. The quantitative estimate of drug-likeness (QED) is 0.563. The maximum Gasteiger partial charge on any atom is 0.277 e. The van der Waals surface area contributed by atoms with Gasteiger partial charge in [0.15, 0.2) is 0 Å². The molecule has 0 spiro atoms. The van der Waals surface area contributed by atoms with Gasteiger partial charge in [0.1, 0.15) is 5.82 Å². The van der Waals surface area contributed by atoms with E-state index in [0.29, 0.717) is 12.0 Å². The van der Waals surface area contributed by atoms with Crippen molar-refractivity contribution in [3.63, 3.8) is 0 Å². The Balaban J connectivity index is 1.36. The normalized spacial score (nSPS) is 33.3. The van der Waals surface area contributed by atoms with Crippen LogP contribution in [0.3, 0.4) is 0 Å². The van der Waals surface area contributed by atoms with E-state index < -0.39 is 11.7 Å². The third-order valence-electron chi connectivity index (χ3n) is 6.92. The molecule has 0 aliphatic heterocycles. The molecule has 0 radical (unpaired) electrons. The van der Waals surface area contributed by atoms with Crippen molar-refractivity contribution < 1.29 is 14.4 Å². The van der Waals surface area contributed by atoms with E-state index in [0.717, 1.165) is 29.9 Å². The molecule has 4 rings (SSSR count). The van der Waals surface area contributed by atoms with Crippen LogP contribution < -0.4 is 10.8 Å². The number of fused-ring (bicyclic) bond motifs is 2. The van der Waals surface area contributed by atoms with Crippen molar-refractivity contribution in [2.24, 2.45) is 23.2 Å². The SMILES string of the molecule is O=C(NO)c1ccc(CNCC23CCC4CCC(CC4C2)C3)cc1F. The van der Waals surface area contributed by atoms with Gasteiger partial charge in [-0.2, -0.15) is 0 Å². The standard InChI is InChI=1S/C20H27FN2O2/c21-18-8-14(2-4-17(18)19(24)23-25)11-22-12-20-6-5-15-3-1-13(9-20)7-16(15)10-20/h2,4,8,13,15-16,22,25H,1,3,5-7,9-12H2,(H,23,24). The molecule has 3 fully saturated rings. The minimum Gasteiger partial charge on any atom is -0.312 e. The number of benzene rings is 1. The van der Waals surface area contributed by atoms with Crippen molar-refractivity contribution in [1.82, 2.24) is 10.8 Å². The first-order chi connectivity index (χ1) is 12.1. The summed E-state index contributed by atoms with van der Waals surface area (Å²) in [6.07, 6.45) is 9.76. The molecule has 0 aromatic heterocycles. The van der Waals surface area contributed by atoms with E-state index in [2.05, 4.69) is 5.32 Å². The highest BCUT2D eigenvalue weighted by molar-refractivity contribution is 5.93. The summed E-state index contributed by atoms with van der Waals surface area (Å²) >= 11 is 0. The van der Waals surface area contributed by atoms with E-state index >= 15 is 0 Å². The number of hydrogen-bond donors (Lipinski definition) is 3. The highest BCUT2D eigenvalue weighted by atomic mass is 19.1. The zero-order chi connectivity index (χ0) is 17.4. The van der Waals surface area contributed by atoms with E-state index in [4.69, 9.17) is 5.21 Å². The van der Waals surface area contributed by atoms with Crippen LogP contribution in [0.5, 0.6) is 0 Å². The molecule has 4 atom stereocenters. The molecule has 5 heteroatoms. The Morgan fingerprint density at radius 2 is 2.12 bits per heavy atom. The molecule has 4 nitrogen and oxygen atoms in total. The van der Waals surface area contributed by atoms with Crippen molar-refractivity contribution in [3.8, 4) is 0 Å². The van der Waals surface area contributed by atoms with Crippen molar-refractivity contribution >= 4 is 5.91 Å². The van der Waals surface area contributed by atoms with E-state index in [-0.39, 0.29) is 5.56 Å². The minimum absolute atomic E-state index is 0.136. The number of amides is 1. The van der Waals surface area contributed by atoms with Gasteiger partial charge in [0.05, 0.1) is 5.56 Å². The topological polar surface area (TPSA) is 61.4 Å². The molecule has 136 valence electrons. The highest BCUT2D eigenvalue weighted by Crippen LogP contribution is 2.57. The molecule has 1 amide bonds. The second-order valence-electron chi connectivity index (χ2n) is 8.50. The maximum atomic E-state index is 14.0. The Morgan fingerprint density at radius 1 is 1.24 bits per heavy atom. The Hall–Kier alpha value is -1.46. The van der Waals surface area contributed by atoms with Gasteiger partial charge < -0.3 is 5.32 Å². The Morgan fingerprint density at radius 3 is 2.92 bits per heavy atom. The van der Waals surface area contributed by atoms with Gasteiger partial charge in [0.25, 0.3) is 5.91 Å². The van der Waals surface area contributed by atoms with Crippen LogP contribution in [0.25, 0.3) is 0 Å². The third kappa shape index (κ3) is 3.32. The smallest absolute Gasteiger partial charge is 0.277 e. The summed E-state index contributed by atoms with van der Waals surface area (Å²) in [5.41, 5.74) is 2.60. The Kier molecular flexibility index (Phi) is 4.54. The fraction of sp³-hybridized carbons (Fsp3) is 0.650. The first-order valence-corrected chi connectivity index (χ1v) is 9.52. The van der Waals surface area contributed by atoms with Gasteiger partial charge in [-0.25, -0.2) is 9.87 Å². The van der Waals surface area contributed by atoms with E-state index in [1.54, 1.807) is 6.07 Å². The van der Waals surface area contributed by atoms with Crippen LogP contribution in [0.1, 0.15) is 60.9 Å². The summed E-state index contributed by atoms with van der Waals surface area (Å²) in [6, 6.07) is 4.54. The van der Waals surface area contributed by atoms with E-state index in [9.17, 15) is 9.18 Å². The number of carbonyl (C=O) groups is 1. The average molecular weight is 346 g/mol. The molecular weight excluding hydrogens is 319 g/mol. The molecule has 3 bridgehead atoms. The molecule has 3 N–H and O–H groups in total. The molecule has 25 heavy (non-hydrogen) atoms. The fourth-order valence-corrected chi connectivity index (χ4v) is 5.80. The molecule has 1 aromatic rings. The van der Waals surface area contributed by atoms with Crippen molar-refractivity contribution in [3.05, 3.63) is 35.1 Å². The molecule has 3 saturated carbocycles. The number of nitrogens with one attached hydrogen (secondary N) is 2. The number of rotatable bonds is 5. The minimum atomic E-state index is -0.818. The third-order valence-corrected chi connectivity index (χ3v) is 6.92. The first-order valence-electron chi connectivity index (χ1n) is 9.52. The van der Waals surface area contributed by atoms with Gasteiger partial charge in [-0.05, 0) is 79.4 Å². The van der Waals surface area contributed by atoms with Crippen LogP contribution in [0.2, 0.25) is 0 Å². The number of carbonyl (C=O) groups excluding carboxylic acids is 1. The van der Waals surface area contributed by atoms with Crippen LogP contribution in [0.4, 0.5) is 4.39 Å². The number of hydrogen-bond acceptors (Lipinski definition) is 3. The van der Waals surface area contributed by atoms with Gasteiger partial charge in [0.2, 0.25) is 0 Å². The summed E-state index contributed by atoms with van der Waals surface area (Å²) < 4.78 is 14.0. The molecule has 3 aliphatic rings. The summed E-state index contributed by atoms with van der Waals surface area (Å²) in [5, 5.41) is 12.2. The Labute approximate surface area is 148 Å². The molecule has 3 aliphatic carbocycles. The average Bonchev–Trinajstić information content (AvgIpc) is 2.59. The van der Waals surface area contributed by atoms with Gasteiger partial charge in [-0.15, -0.1) is 0 Å². The largest absolute Gasteiger partial charge is 0.312 e. The zero-order valence-electron chi connectivity index (χ0n) is 14.6. The lowest BCUT2D eigenvalue weighted by Gasteiger charge is -2.55. The lowest BCUT2D eigenvalue weighted by atomic mass is 9.51. The van der Waals surface area contributed by atoms with Gasteiger partial charge in [-0.1, -0.05) is 12.5 Å². The predicted octanol–water partition coefficient (Wildman–Crippen LogP) is 3.64. The summed E-state index contributed by atoms with van der Waals surface area (Å²) in [4.78, 5) is 11.3. The van der Waals surface area contributed by atoms with Crippen LogP contribution in [0, 0.1) is 29.0 Å². The summed E-state index contributed by atoms with van der Waals surface area (Å²) in [5.74, 6) is 1.42. The Bertz CT molecular complexity index is 661. The zero-order valence-corrected chi connectivity index (χ0v) is 14.6. The van der Waals surface area contributed by atoms with Crippen LogP contribution in [-0.2, 0) is 6.54 Å². The highest BCUT2D eigenvalue weighted by Gasteiger charge is 2.48. The van der Waals surface area contributed by atoms with Crippen molar-refractivity contribution in [2.75, 3.05) is 6.54 Å². The van der Waals surface area contributed by atoms with Gasteiger partial charge in [0, 0.05) is 13.1 Å². The van der Waals surface area contributed by atoms with E-state index in [1.807, 2.05) is 0 Å². The van der Waals surface area contributed by atoms with Crippen LogP contribution in [0.15, 0.2) is 18.2 Å². The lowest BCUT2D eigenvalue weighted by Crippen LogP contribution is -2.48.